The molecule has 3 heterocycles. The average molecular weight is 567 g/mol. The van der Waals surface area contributed by atoms with Gasteiger partial charge in [0.25, 0.3) is 0 Å². The van der Waals surface area contributed by atoms with E-state index in [0.29, 0.717) is 0 Å². The van der Waals surface area contributed by atoms with Crippen molar-refractivity contribution in [2.45, 2.75) is 0 Å². The zero-order valence-corrected chi connectivity index (χ0v) is 23.7. The molecule has 7 aromatic carbocycles. The van der Waals surface area contributed by atoms with E-state index in [4.69, 9.17) is 8.83 Å². The van der Waals surface area contributed by atoms with E-state index in [0.717, 1.165) is 38.5 Å². The van der Waals surface area contributed by atoms with Crippen LogP contribution in [0.1, 0.15) is 0 Å². The molecule has 0 fully saturated rings. The smallest absolute Gasteiger partial charge is 0.178 e. The zero-order chi connectivity index (χ0) is 28.1. The van der Waals surface area contributed by atoms with Gasteiger partial charge in [0, 0.05) is 47.5 Å². The number of fused-ring (bicyclic) bond motifs is 10. The van der Waals surface area contributed by atoms with E-state index in [-0.39, 0.29) is 0 Å². The molecule has 43 heavy (non-hydrogen) atoms. The molecule has 0 aliphatic rings. The molecule has 3 heteroatoms. The van der Waals surface area contributed by atoms with Crippen molar-refractivity contribution in [3.05, 3.63) is 134 Å². The minimum atomic E-state index is 0.788. The molecule has 0 unspecified atom stereocenters. The second kappa shape index (κ2) is 8.57. The molecular weight excluding hydrogens is 545 g/mol. The Hall–Kier alpha value is -5.38. The van der Waals surface area contributed by atoms with Gasteiger partial charge in [-0.15, -0.1) is 11.3 Å². The van der Waals surface area contributed by atoms with Crippen molar-refractivity contribution in [3.63, 3.8) is 0 Å². The number of furan rings is 2. The normalized spacial score (nSPS) is 12.2. The first-order valence-electron chi connectivity index (χ1n) is 14.5. The van der Waals surface area contributed by atoms with Gasteiger partial charge in [-0.05, 0) is 69.1 Å². The van der Waals surface area contributed by atoms with Gasteiger partial charge in [0.2, 0.25) is 0 Å². The van der Waals surface area contributed by atoms with Gasteiger partial charge < -0.3 is 8.83 Å². The van der Waals surface area contributed by atoms with Crippen LogP contribution < -0.4 is 0 Å². The van der Waals surface area contributed by atoms with Crippen LogP contribution in [0, 0.1) is 0 Å². The van der Waals surface area contributed by atoms with E-state index in [1.54, 1.807) is 0 Å². The lowest BCUT2D eigenvalue weighted by atomic mass is 9.85. The third-order valence-corrected chi connectivity index (χ3v) is 10.1. The number of thiophene rings is 1. The second-order valence-corrected chi connectivity index (χ2v) is 12.3. The lowest BCUT2D eigenvalue weighted by Crippen LogP contribution is -1.90. The van der Waals surface area contributed by atoms with Crippen molar-refractivity contribution in [1.82, 2.24) is 0 Å². The van der Waals surface area contributed by atoms with Crippen LogP contribution in [-0.4, -0.2) is 0 Å². The van der Waals surface area contributed by atoms with Crippen LogP contribution in [0.3, 0.4) is 0 Å². The van der Waals surface area contributed by atoms with Crippen LogP contribution in [0.5, 0.6) is 0 Å². The van der Waals surface area contributed by atoms with E-state index in [2.05, 4.69) is 109 Å². The summed E-state index contributed by atoms with van der Waals surface area (Å²) in [5.74, 6) is 0. The summed E-state index contributed by atoms with van der Waals surface area (Å²) in [6.45, 7) is 0. The highest BCUT2D eigenvalue weighted by atomic mass is 32.1. The maximum Gasteiger partial charge on any atom is 0.178 e. The minimum absolute atomic E-state index is 0.788. The van der Waals surface area contributed by atoms with Crippen LogP contribution >= 0.6 is 11.3 Å². The quantitative estimate of drug-likeness (QED) is 0.195. The van der Waals surface area contributed by atoms with Gasteiger partial charge >= 0.3 is 0 Å². The summed E-state index contributed by atoms with van der Waals surface area (Å²) < 4.78 is 15.3. The molecule has 0 aliphatic heterocycles. The molecule has 0 spiro atoms. The fraction of sp³-hybridized carbons (Fsp3) is 0. The molecule has 0 atom stereocenters. The molecule has 2 nitrogen and oxygen atoms in total. The van der Waals surface area contributed by atoms with Crippen LogP contribution in [0.2, 0.25) is 0 Å². The van der Waals surface area contributed by atoms with Gasteiger partial charge in [0.1, 0.15) is 5.58 Å². The summed E-state index contributed by atoms with van der Waals surface area (Å²) in [6, 6.07) is 45.8. The van der Waals surface area contributed by atoms with E-state index < -0.39 is 0 Å². The predicted octanol–water partition coefficient (Wildman–Crippen LogP) is 12.3. The standard InChI is InChI=1S/C40H22O2S/c1-3-13-28-26(11-1)37(23-17-20-36-32(21-23)25-10-6-8-16-35(25)43-36)27-12-2-4-14-29(27)38(28)33-22-41-39-31(33)19-18-30-24-9-5-7-15-34(24)42-40(30)39/h1-22H. The molecule has 0 bridgehead atoms. The Morgan fingerprint density at radius 2 is 1.02 bits per heavy atom. The monoisotopic (exact) mass is 566 g/mol. The molecule has 0 N–H and O–H groups in total. The van der Waals surface area contributed by atoms with Gasteiger partial charge in [0.15, 0.2) is 11.2 Å². The topological polar surface area (TPSA) is 26.3 Å². The molecule has 0 saturated carbocycles. The highest BCUT2D eigenvalue weighted by Gasteiger charge is 2.22. The number of hydrogen-bond donors (Lipinski definition) is 0. The Morgan fingerprint density at radius 3 is 1.79 bits per heavy atom. The highest BCUT2D eigenvalue weighted by molar-refractivity contribution is 7.25. The lowest BCUT2D eigenvalue weighted by molar-refractivity contribution is 0.601. The highest BCUT2D eigenvalue weighted by Crippen LogP contribution is 2.48. The Labute approximate surface area is 250 Å². The largest absolute Gasteiger partial charge is 0.460 e. The van der Waals surface area contributed by atoms with Crippen molar-refractivity contribution in [2.24, 2.45) is 0 Å². The second-order valence-electron chi connectivity index (χ2n) is 11.2. The molecular formula is C40H22O2S. The Kier molecular flexibility index (Phi) is 4.63. The van der Waals surface area contributed by atoms with Crippen molar-refractivity contribution >= 4 is 86.0 Å². The zero-order valence-electron chi connectivity index (χ0n) is 22.9. The van der Waals surface area contributed by atoms with E-state index >= 15 is 0 Å². The number of para-hydroxylation sites is 1. The molecule has 10 aromatic rings. The SMILES string of the molecule is c1ccc2c(c1)oc1c2ccc2c(-c3c4ccccc4c(-c4ccc5sc6ccccc6c5c4)c4ccccc34)coc21. The predicted molar refractivity (Wildman–Crippen MR) is 182 cm³/mol. The summed E-state index contributed by atoms with van der Waals surface area (Å²) in [6.07, 6.45) is 1.91. The molecule has 3 aromatic heterocycles. The Bertz CT molecular complexity index is 2680. The molecule has 10 rings (SSSR count). The van der Waals surface area contributed by atoms with Crippen molar-refractivity contribution in [3.8, 4) is 22.3 Å². The maximum atomic E-state index is 6.35. The first kappa shape index (κ1) is 23.2. The lowest BCUT2D eigenvalue weighted by Gasteiger charge is -2.17. The number of hydrogen-bond acceptors (Lipinski definition) is 3. The molecule has 0 aliphatic carbocycles. The van der Waals surface area contributed by atoms with E-state index in [1.165, 1.54) is 58.4 Å². The van der Waals surface area contributed by atoms with Gasteiger partial charge in [-0.25, -0.2) is 0 Å². The first-order valence-corrected chi connectivity index (χ1v) is 15.3. The summed E-state index contributed by atoms with van der Waals surface area (Å²) in [7, 11) is 0. The fourth-order valence-electron chi connectivity index (χ4n) is 7.08. The minimum Gasteiger partial charge on any atom is -0.460 e. The average Bonchev–Trinajstić information content (AvgIpc) is 3.76. The fourth-order valence-corrected chi connectivity index (χ4v) is 8.17. The van der Waals surface area contributed by atoms with Gasteiger partial charge in [0.05, 0.1) is 6.26 Å². The van der Waals surface area contributed by atoms with Crippen LogP contribution in [-0.2, 0) is 0 Å². The van der Waals surface area contributed by atoms with Crippen LogP contribution in [0.4, 0.5) is 0 Å². The first-order chi connectivity index (χ1) is 21.3. The maximum absolute atomic E-state index is 6.35. The number of rotatable bonds is 2. The third-order valence-electron chi connectivity index (χ3n) is 8.95. The van der Waals surface area contributed by atoms with Gasteiger partial charge in [-0.2, -0.15) is 0 Å². The third kappa shape index (κ3) is 3.17. The molecule has 0 saturated heterocycles. The Morgan fingerprint density at radius 1 is 0.419 bits per heavy atom. The summed E-state index contributed by atoms with van der Waals surface area (Å²) >= 11 is 1.86. The molecule has 0 radical (unpaired) electrons. The number of benzene rings is 7. The van der Waals surface area contributed by atoms with Gasteiger partial charge in [-0.3, -0.25) is 0 Å². The summed E-state index contributed by atoms with van der Waals surface area (Å²) in [5.41, 5.74) is 7.22. The Balaban J connectivity index is 1.30. The molecule has 200 valence electrons. The van der Waals surface area contributed by atoms with Crippen LogP contribution in [0.25, 0.3) is 96.9 Å². The molecule has 0 amide bonds. The van der Waals surface area contributed by atoms with Crippen molar-refractivity contribution in [2.75, 3.05) is 0 Å². The van der Waals surface area contributed by atoms with Crippen molar-refractivity contribution < 1.29 is 8.83 Å². The van der Waals surface area contributed by atoms with Gasteiger partial charge in [-0.1, -0.05) is 91.0 Å². The van der Waals surface area contributed by atoms with E-state index in [9.17, 15) is 0 Å². The van der Waals surface area contributed by atoms with Crippen LogP contribution in [0.15, 0.2) is 142 Å². The van der Waals surface area contributed by atoms with E-state index in [1.807, 2.05) is 35.8 Å². The summed E-state index contributed by atoms with van der Waals surface area (Å²) in [5, 5.41) is 10.7. The summed E-state index contributed by atoms with van der Waals surface area (Å²) in [4.78, 5) is 0. The van der Waals surface area contributed by atoms with Crippen molar-refractivity contribution in [1.29, 1.82) is 0 Å².